The topological polar surface area (TPSA) is 67.4 Å². The van der Waals surface area contributed by atoms with Crippen LogP contribution in [0.4, 0.5) is 4.39 Å². The van der Waals surface area contributed by atoms with Crippen molar-refractivity contribution in [3.8, 4) is 0 Å². The van der Waals surface area contributed by atoms with Gasteiger partial charge in [0.05, 0.1) is 38.5 Å². The monoisotopic (exact) mass is 564 g/mol. The second-order valence-electron chi connectivity index (χ2n) is 7.93. The number of nitrogens with zero attached hydrogens (tertiary/aromatic N) is 2. The number of hydrogen-bond acceptors (Lipinski definition) is 5. The minimum absolute atomic E-state index is 0. The second kappa shape index (κ2) is 15.8. The predicted molar refractivity (Wildman–Crippen MR) is 135 cm³/mol. The number of hydrogen-bond donors (Lipinski definition) is 2. The van der Waals surface area contributed by atoms with Crippen molar-refractivity contribution >= 4 is 29.9 Å². The molecule has 1 aromatic carbocycles. The molecular weight excluding hydrogens is 526 g/mol. The summed E-state index contributed by atoms with van der Waals surface area (Å²) in [7, 11) is 0. The van der Waals surface area contributed by atoms with Crippen molar-refractivity contribution in [2.75, 3.05) is 65.8 Å². The first-order valence-electron chi connectivity index (χ1n) is 11.5. The van der Waals surface area contributed by atoms with E-state index in [-0.39, 0.29) is 41.9 Å². The summed E-state index contributed by atoms with van der Waals surface area (Å²) in [6, 6.07) is 6.85. The molecule has 2 aliphatic heterocycles. The quantitative estimate of drug-likeness (QED) is 0.187. The number of halogens is 2. The molecule has 2 heterocycles. The van der Waals surface area contributed by atoms with Crippen LogP contribution in [-0.2, 0) is 14.2 Å². The molecule has 7 nitrogen and oxygen atoms in total. The Morgan fingerprint density at radius 1 is 1.22 bits per heavy atom. The van der Waals surface area contributed by atoms with Crippen molar-refractivity contribution in [3.05, 3.63) is 35.6 Å². The molecule has 0 spiro atoms. The Kier molecular flexibility index (Phi) is 13.4. The second-order valence-corrected chi connectivity index (χ2v) is 7.93. The van der Waals surface area contributed by atoms with Crippen LogP contribution in [0, 0.1) is 5.82 Å². The normalized spacial score (nSPS) is 20.6. The third kappa shape index (κ3) is 9.46. The molecule has 32 heavy (non-hydrogen) atoms. The summed E-state index contributed by atoms with van der Waals surface area (Å²) in [6.45, 7) is 9.62. The van der Waals surface area contributed by atoms with Gasteiger partial charge in [0.2, 0.25) is 0 Å². The molecule has 0 radical (unpaired) electrons. The number of morpholine rings is 1. The first-order chi connectivity index (χ1) is 15.3. The molecule has 2 saturated heterocycles. The SMILES string of the molecule is CCNC(=NCC(c1ccc(F)cc1)N1CCOCC1)NCCCOCC1CCCO1.I. The molecule has 0 aromatic heterocycles. The van der Waals surface area contributed by atoms with Crippen molar-refractivity contribution in [1.82, 2.24) is 15.5 Å². The number of benzene rings is 1. The third-order valence-corrected chi connectivity index (χ3v) is 5.59. The van der Waals surface area contributed by atoms with Crippen LogP contribution in [0.5, 0.6) is 0 Å². The number of rotatable bonds is 11. The standard InChI is InChI=1S/C23H37FN4O3.HI/c1-2-25-23(26-10-4-13-30-18-21-5-3-14-31-21)27-17-22(28-11-15-29-16-12-28)19-6-8-20(24)9-7-19;/h6-9,21-22H,2-5,10-18H2,1H3,(H2,25,26,27);1H. The maximum Gasteiger partial charge on any atom is 0.191 e. The van der Waals surface area contributed by atoms with Gasteiger partial charge in [-0.05, 0) is 43.9 Å². The summed E-state index contributed by atoms with van der Waals surface area (Å²) in [6.07, 6.45) is 3.42. The lowest BCUT2D eigenvalue weighted by Gasteiger charge is -2.34. The van der Waals surface area contributed by atoms with Crippen molar-refractivity contribution in [2.45, 2.75) is 38.3 Å². The number of ether oxygens (including phenoxy) is 3. The lowest BCUT2D eigenvalue weighted by Crippen LogP contribution is -2.42. The van der Waals surface area contributed by atoms with E-state index >= 15 is 0 Å². The van der Waals surface area contributed by atoms with Gasteiger partial charge in [0.15, 0.2) is 5.96 Å². The Labute approximate surface area is 208 Å². The van der Waals surface area contributed by atoms with E-state index in [1.165, 1.54) is 12.1 Å². The Hall–Kier alpha value is -1.01. The summed E-state index contributed by atoms with van der Waals surface area (Å²) in [4.78, 5) is 7.19. The molecule has 2 fully saturated rings. The van der Waals surface area contributed by atoms with E-state index in [0.717, 1.165) is 63.6 Å². The van der Waals surface area contributed by atoms with Gasteiger partial charge in [-0.2, -0.15) is 0 Å². The fourth-order valence-electron chi connectivity index (χ4n) is 3.90. The first kappa shape index (κ1) is 27.2. The highest BCUT2D eigenvalue weighted by Crippen LogP contribution is 2.22. The average molecular weight is 564 g/mol. The predicted octanol–water partition coefficient (Wildman–Crippen LogP) is 2.96. The summed E-state index contributed by atoms with van der Waals surface area (Å²) in [5.41, 5.74) is 1.07. The number of guanidine groups is 1. The van der Waals surface area contributed by atoms with Crippen LogP contribution in [0.15, 0.2) is 29.3 Å². The Bertz CT molecular complexity index is 653. The Morgan fingerprint density at radius 3 is 2.69 bits per heavy atom. The van der Waals surface area contributed by atoms with E-state index in [0.29, 0.717) is 33.0 Å². The molecule has 2 N–H and O–H groups in total. The first-order valence-corrected chi connectivity index (χ1v) is 11.5. The van der Waals surface area contributed by atoms with Gasteiger partial charge in [-0.1, -0.05) is 12.1 Å². The van der Waals surface area contributed by atoms with Crippen molar-refractivity contribution in [3.63, 3.8) is 0 Å². The fraction of sp³-hybridized carbons (Fsp3) is 0.696. The fourth-order valence-corrected chi connectivity index (χ4v) is 3.90. The van der Waals surface area contributed by atoms with E-state index in [9.17, 15) is 4.39 Å². The largest absolute Gasteiger partial charge is 0.379 e. The van der Waals surface area contributed by atoms with Crippen LogP contribution in [0.2, 0.25) is 0 Å². The molecule has 1 aromatic rings. The molecule has 0 amide bonds. The zero-order chi connectivity index (χ0) is 21.7. The zero-order valence-corrected chi connectivity index (χ0v) is 21.4. The highest BCUT2D eigenvalue weighted by atomic mass is 127. The van der Waals surface area contributed by atoms with Gasteiger partial charge in [0, 0.05) is 39.4 Å². The zero-order valence-electron chi connectivity index (χ0n) is 19.1. The van der Waals surface area contributed by atoms with Crippen LogP contribution < -0.4 is 10.6 Å². The maximum atomic E-state index is 13.4. The van der Waals surface area contributed by atoms with Crippen LogP contribution >= 0.6 is 24.0 Å². The van der Waals surface area contributed by atoms with E-state index < -0.39 is 0 Å². The van der Waals surface area contributed by atoms with Crippen LogP contribution in [0.1, 0.15) is 37.8 Å². The highest BCUT2D eigenvalue weighted by molar-refractivity contribution is 14.0. The van der Waals surface area contributed by atoms with Gasteiger partial charge in [0.1, 0.15) is 5.82 Å². The van der Waals surface area contributed by atoms with Gasteiger partial charge in [0.25, 0.3) is 0 Å². The van der Waals surface area contributed by atoms with E-state index in [2.05, 4.69) is 22.5 Å². The molecular formula is C23H38FIN4O3. The van der Waals surface area contributed by atoms with Crippen molar-refractivity contribution in [1.29, 1.82) is 0 Å². The maximum absolute atomic E-state index is 13.4. The minimum Gasteiger partial charge on any atom is -0.379 e. The third-order valence-electron chi connectivity index (χ3n) is 5.59. The van der Waals surface area contributed by atoms with E-state index in [1.807, 2.05) is 12.1 Å². The Morgan fingerprint density at radius 2 is 2.00 bits per heavy atom. The lowest BCUT2D eigenvalue weighted by molar-refractivity contribution is 0.0168. The lowest BCUT2D eigenvalue weighted by atomic mass is 10.0. The van der Waals surface area contributed by atoms with Gasteiger partial charge in [-0.25, -0.2) is 4.39 Å². The molecule has 3 rings (SSSR count). The van der Waals surface area contributed by atoms with Gasteiger partial charge in [-0.15, -0.1) is 24.0 Å². The van der Waals surface area contributed by atoms with Crippen LogP contribution in [0.25, 0.3) is 0 Å². The van der Waals surface area contributed by atoms with Crippen molar-refractivity contribution in [2.24, 2.45) is 4.99 Å². The minimum atomic E-state index is -0.218. The Balaban J connectivity index is 0.00000363. The number of nitrogens with one attached hydrogen (secondary N) is 2. The summed E-state index contributed by atoms with van der Waals surface area (Å²) >= 11 is 0. The molecule has 0 saturated carbocycles. The molecule has 9 heteroatoms. The molecule has 2 aliphatic rings. The van der Waals surface area contributed by atoms with Gasteiger partial charge < -0.3 is 24.8 Å². The van der Waals surface area contributed by atoms with E-state index in [4.69, 9.17) is 19.2 Å². The highest BCUT2D eigenvalue weighted by Gasteiger charge is 2.22. The van der Waals surface area contributed by atoms with Crippen LogP contribution in [0.3, 0.4) is 0 Å². The summed E-state index contributed by atoms with van der Waals surface area (Å²) in [5, 5.41) is 6.70. The molecule has 2 unspecified atom stereocenters. The number of aliphatic imine (C=N–C) groups is 1. The molecule has 182 valence electrons. The van der Waals surface area contributed by atoms with Crippen LogP contribution in [-0.4, -0.2) is 82.7 Å². The summed E-state index contributed by atoms with van der Waals surface area (Å²) in [5.74, 6) is 0.576. The molecule has 0 aliphatic carbocycles. The van der Waals surface area contributed by atoms with Gasteiger partial charge >= 0.3 is 0 Å². The average Bonchev–Trinajstić information content (AvgIpc) is 3.31. The smallest absolute Gasteiger partial charge is 0.191 e. The molecule has 2 atom stereocenters. The van der Waals surface area contributed by atoms with Crippen molar-refractivity contribution < 1.29 is 18.6 Å². The molecule has 0 bridgehead atoms. The summed E-state index contributed by atoms with van der Waals surface area (Å²) < 4.78 is 30.2. The van der Waals surface area contributed by atoms with E-state index in [1.54, 1.807) is 0 Å². The van der Waals surface area contributed by atoms with Gasteiger partial charge in [-0.3, -0.25) is 9.89 Å².